The molecule has 2 aromatic carbocycles. The lowest BCUT2D eigenvalue weighted by Gasteiger charge is -2.07. The Morgan fingerprint density at radius 1 is 1.00 bits per heavy atom. The largest absolute Gasteiger partial charge is 0.497 e. The smallest absolute Gasteiger partial charge is 0.155 e. The zero-order chi connectivity index (χ0) is 17.2. The first-order valence-corrected chi connectivity index (χ1v) is 7.97. The van der Waals surface area contributed by atoms with E-state index >= 15 is 0 Å². The molecule has 0 amide bonds. The van der Waals surface area contributed by atoms with E-state index < -0.39 is 0 Å². The minimum Gasteiger partial charge on any atom is -0.497 e. The van der Waals surface area contributed by atoms with Crippen LogP contribution in [0.15, 0.2) is 75.2 Å². The first-order chi connectivity index (χ1) is 12.2. The second-order valence-corrected chi connectivity index (χ2v) is 5.69. The minimum atomic E-state index is 0.684. The van der Waals surface area contributed by atoms with Crippen LogP contribution in [0.2, 0.25) is 0 Å². The van der Waals surface area contributed by atoms with Crippen molar-refractivity contribution in [1.82, 2.24) is 5.43 Å². The number of ether oxygens (including phenoxy) is 1. The van der Waals surface area contributed by atoms with Gasteiger partial charge in [-0.2, -0.15) is 5.10 Å². The van der Waals surface area contributed by atoms with Gasteiger partial charge in [0.25, 0.3) is 0 Å². The maximum Gasteiger partial charge on any atom is 0.155 e. The Balaban J connectivity index is 1.88. The van der Waals surface area contributed by atoms with E-state index in [-0.39, 0.29) is 0 Å². The van der Waals surface area contributed by atoms with Crippen molar-refractivity contribution in [3.8, 4) is 5.75 Å². The number of fused-ring (bicyclic) bond motifs is 1. The van der Waals surface area contributed by atoms with Crippen LogP contribution in [0.25, 0.3) is 0 Å². The summed E-state index contributed by atoms with van der Waals surface area (Å²) < 4.78 is 11.2. The van der Waals surface area contributed by atoms with E-state index in [0.29, 0.717) is 17.3 Å². The van der Waals surface area contributed by atoms with Crippen molar-refractivity contribution in [3.63, 3.8) is 0 Å². The van der Waals surface area contributed by atoms with Crippen molar-refractivity contribution in [2.24, 2.45) is 10.1 Å². The molecule has 3 aromatic rings. The first kappa shape index (κ1) is 15.2. The number of nitrogens with one attached hydrogen (secondary N) is 1. The van der Waals surface area contributed by atoms with Gasteiger partial charge in [0.15, 0.2) is 11.6 Å². The van der Waals surface area contributed by atoms with Crippen LogP contribution < -0.4 is 10.2 Å². The molecule has 1 aliphatic heterocycles. The van der Waals surface area contributed by atoms with Crippen molar-refractivity contribution in [2.75, 3.05) is 7.11 Å². The van der Waals surface area contributed by atoms with Gasteiger partial charge in [0.05, 0.1) is 12.8 Å². The van der Waals surface area contributed by atoms with Crippen molar-refractivity contribution in [3.05, 3.63) is 83.3 Å². The zero-order valence-electron chi connectivity index (χ0n) is 14.0. The van der Waals surface area contributed by atoms with Crippen LogP contribution in [-0.4, -0.2) is 18.7 Å². The summed E-state index contributed by atoms with van der Waals surface area (Å²) in [5.41, 5.74) is 6.39. The van der Waals surface area contributed by atoms with Crippen LogP contribution in [0, 0.1) is 6.92 Å². The number of nitrogens with zero attached hydrogens (tertiary/aromatic N) is 2. The molecule has 1 N–H and O–H groups in total. The molecule has 2 heterocycles. The van der Waals surface area contributed by atoms with Crippen molar-refractivity contribution < 1.29 is 9.15 Å². The number of hydrogen-bond acceptors (Lipinski definition) is 5. The van der Waals surface area contributed by atoms with Gasteiger partial charge in [-0.3, -0.25) is 5.43 Å². The normalized spacial score (nSPS) is 13.2. The van der Waals surface area contributed by atoms with Gasteiger partial charge in [-0.25, -0.2) is 4.99 Å². The van der Waals surface area contributed by atoms with Gasteiger partial charge in [0.2, 0.25) is 0 Å². The summed E-state index contributed by atoms with van der Waals surface area (Å²) in [5.74, 6) is 2.94. The summed E-state index contributed by atoms with van der Waals surface area (Å²) in [6.07, 6.45) is 0. The highest BCUT2D eigenvalue weighted by molar-refractivity contribution is 6.16. The highest BCUT2D eigenvalue weighted by Crippen LogP contribution is 2.29. The highest BCUT2D eigenvalue weighted by Gasteiger charge is 2.20. The molecule has 0 saturated heterocycles. The summed E-state index contributed by atoms with van der Waals surface area (Å²) in [6, 6.07) is 19.5. The monoisotopic (exact) mass is 331 g/mol. The molecule has 1 aliphatic rings. The van der Waals surface area contributed by atoms with Crippen molar-refractivity contribution >= 4 is 17.2 Å². The third-order valence-electron chi connectivity index (χ3n) is 3.99. The molecule has 0 atom stereocenters. The van der Waals surface area contributed by atoms with E-state index in [1.54, 1.807) is 7.11 Å². The number of furan rings is 1. The lowest BCUT2D eigenvalue weighted by molar-refractivity contribution is 0.415. The van der Waals surface area contributed by atoms with Gasteiger partial charge in [-0.05, 0) is 37.3 Å². The van der Waals surface area contributed by atoms with Crippen molar-refractivity contribution in [2.45, 2.75) is 6.92 Å². The van der Waals surface area contributed by atoms with E-state index in [1.165, 1.54) is 0 Å². The number of aliphatic imine (C=N–C) groups is 1. The Kier molecular flexibility index (Phi) is 3.82. The number of hydrazone groups is 1. The highest BCUT2D eigenvalue weighted by atomic mass is 16.5. The summed E-state index contributed by atoms with van der Waals surface area (Å²) in [4.78, 5) is 4.76. The SMILES string of the molecule is COc1ccc2c(c1)C(c1ccc(C)o1)=NNC(c1ccccc1)=N2. The van der Waals surface area contributed by atoms with Crippen LogP contribution in [-0.2, 0) is 0 Å². The van der Waals surface area contributed by atoms with Crippen LogP contribution in [0.1, 0.15) is 22.6 Å². The summed E-state index contributed by atoms with van der Waals surface area (Å²) in [6.45, 7) is 1.91. The van der Waals surface area contributed by atoms with Crippen LogP contribution in [0.5, 0.6) is 5.75 Å². The second kappa shape index (κ2) is 6.28. The summed E-state index contributed by atoms with van der Waals surface area (Å²) in [5, 5.41) is 4.57. The molecule has 5 heteroatoms. The number of hydrogen-bond donors (Lipinski definition) is 1. The molecule has 25 heavy (non-hydrogen) atoms. The van der Waals surface area contributed by atoms with E-state index in [4.69, 9.17) is 14.1 Å². The number of methoxy groups -OCH3 is 1. The molecule has 0 bridgehead atoms. The molecule has 0 saturated carbocycles. The van der Waals surface area contributed by atoms with Crippen LogP contribution in [0.3, 0.4) is 0 Å². The maximum absolute atomic E-state index is 5.79. The predicted octanol–water partition coefficient (Wildman–Crippen LogP) is 4.03. The average molecular weight is 331 g/mol. The quantitative estimate of drug-likeness (QED) is 0.788. The third kappa shape index (κ3) is 2.92. The number of aryl methyl sites for hydroxylation is 1. The summed E-state index contributed by atoms with van der Waals surface area (Å²) in [7, 11) is 1.64. The molecule has 0 aliphatic carbocycles. The molecule has 0 radical (unpaired) electrons. The fourth-order valence-corrected chi connectivity index (χ4v) is 2.72. The van der Waals surface area contributed by atoms with Gasteiger partial charge in [0.1, 0.15) is 17.2 Å². The van der Waals surface area contributed by atoms with Crippen LogP contribution >= 0.6 is 0 Å². The third-order valence-corrected chi connectivity index (χ3v) is 3.99. The number of amidine groups is 1. The van der Waals surface area contributed by atoms with Gasteiger partial charge in [0, 0.05) is 11.1 Å². The lowest BCUT2D eigenvalue weighted by atomic mass is 10.1. The maximum atomic E-state index is 5.79. The van der Waals surface area contributed by atoms with E-state index in [9.17, 15) is 0 Å². The Morgan fingerprint density at radius 3 is 2.56 bits per heavy atom. The Morgan fingerprint density at radius 2 is 1.84 bits per heavy atom. The topological polar surface area (TPSA) is 59.1 Å². The van der Waals surface area contributed by atoms with Gasteiger partial charge >= 0.3 is 0 Å². The number of rotatable bonds is 3. The van der Waals surface area contributed by atoms with E-state index in [0.717, 1.165) is 28.3 Å². The Hall–Kier alpha value is -3.34. The van der Waals surface area contributed by atoms with E-state index in [1.807, 2.05) is 67.6 Å². The molecular weight excluding hydrogens is 314 g/mol. The standard InChI is InChI=1S/C20H17N3O2/c1-13-8-11-18(25-13)19-16-12-15(24-2)9-10-17(16)21-20(23-22-19)14-6-4-3-5-7-14/h3-12H,1-2H3,(H,21,23). The molecule has 1 aromatic heterocycles. The molecule has 124 valence electrons. The number of benzene rings is 2. The van der Waals surface area contributed by atoms with Gasteiger partial charge < -0.3 is 9.15 Å². The van der Waals surface area contributed by atoms with Gasteiger partial charge in [-0.1, -0.05) is 30.3 Å². The molecule has 0 unspecified atom stereocenters. The fourth-order valence-electron chi connectivity index (χ4n) is 2.72. The second-order valence-electron chi connectivity index (χ2n) is 5.69. The Labute approximate surface area is 145 Å². The molecule has 5 nitrogen and oxygen atoms in total. The molecular formula is C20H17N3O2. The molecule has 0 fully saturated rings. The van der Waals surface area contributed by atoms with E-state index in [2.05, 4.69) is 10.5 Å². The molecule has 0 spiro atoms. The predicted molar refractivity (Wildman–Crippen MR) is 97.9 cm³/mol. The first-order valence-electron chi connectivity index (χ1n) is 7.97. The minimum absolute atomic E-state index is 0.684. The zero-order valence-corrected chi connectivity index (χ0v) is 14.0. The Bertz CT molecular complexity index is 972. The van der Waals surface area contributed by atoms with Crippen LogP contribution in [0.4, 0.5) is 5.69 Å². The summed E-state index contributed by atoms with van der Waals surface area (Å²) >= 11 is 0. The van der Waals surface area contributed by atoms with Gasteiger partial charge in [-0.15, -0.1) is 0 Å². The lowest BCUT2D eigenvalue weighted by Crippen LogP contribution is -2.19. The average Bonchev–Trinajstić information content (AvgIpc) is 2.99. The fraction of sp³-hybridized carbons (Fsp3) is 0.100. The van der Waals surface area contributed by atoms with Crippen molar-refractivity contribution in [1.29, 1.82) is 0 Å². The molecule has 4 rings (SSSR count).